The summed E-state index contributed by atoms with van der Waals surface area (Å²) < 4.78 is 0. The monoisotopic (exact) mass is 291 g/mol. The first-order valence-corrected chi connectivity index (χ1v) is 7.80. The van der Waals surface area contributed by atoms with Crippen molar-refractivity contribution in [3.63, 3.8) is 0 Å². The fourth-order valence-corrected chi connectivity index (χ4v) is 3.55. The molecule has 0 aromatic carbocycles. The minimum absolute atomic E-state index is 0.00438. The number of nitrogens with one attached hydrogen (secondary N) is 1. The summed E-state index contributed by atoms with van der Waals surface area (Å²) in [6, 6.07) is 2.29. The van der Waals surface area contributed by atoms with Gasteiger partial charge in [-0.3, -0.25) is 19.8 Å². The molecule has 0 spiro atoms. The van der Waals surface area contributed by atoms with Gasteiger partial charge in [0.2, 0.25) is 11.8 Å². The van der Waals surface area contributed by atoms with Crippen LogP contribution in [0, 0.1) is 28.6 Å². The zero-order chi connectivity index (χ0) is 15.8. The minimum Gasteiger partial charge on any atom is -0.300 e. The quantitative estimate of drug-likeness (QED) is 0.572. The van der Waals surface area contributed by atoms with Crippen molar-refractivity contribution in [3.05, 3.63) is 0 Å². The maximum absolute atomic E-state index is 12.2. The molecule has 3 atom stereocenters. The lowest BCUT2D eigenvalue weighted by molar-refractivity contribution is -0.143. The molecule has 1 saturated heterocycles. The second-order valence-electron chi connectivity index (χ2n) is 7.04. The summed E-state index contributed by atoms with van der Waals surface area (Å²) in [6.07, 6.45) is 2.32. The van der Waals surface area contributed by atoms with E-state index in [0.717, 1.165) is 25.8 Å². The Morgan fingerprint density at radius 2 is 1.86 bits per heavy atom. The number of imide groups is 1. The molecular weight excluding hydrogens is 266 g/mol. The number of nitriles is 1. The van der Waals surface area contributed by atoms with Crippen molar-refractivity contribution < 1.29 is 9.59 Å². The number of fused-ring (bicyclic) bond motifs is 1. The van der Waals surface area contributed by atoms with E-state index in [0.29, 0.717) is 6.54 Å². The SMILES string of the molecule is CCNC(C)(C#N)CCCCN1C(=O)C2C(C1=O)C2(C)C. The number of carbonyl (C=O) groups is 2. The van der Waals surface area contributed by atoms with Gasteiger partial charge in [0.15, 0.2) is 0 Å². The summed E-state index contributed by atoms with van der Waals surface area (Å²) in [7, 11) is 0. The highest BCUT2D eigenvalue weighted by Gasteiger charge is 2.72. The van der Waals surface area contributed by atoms with Crippen LogP contribution in [-0.4, -0.2) is 35.3 Å². The normalized spacial score (nSPS) is 29.0. The van der Waals surface area contributed by atoms with Crippen LogP contribution in [0.2, 0.25) is 0 Å². The first-order chi connectivity index (χ1) is 9.78. The smallest absolute Gasteiger partial charge is 0.233 e. The van der Waals surface area contributed by atoms with Crippen LogP contribution in [0.15, 0.2) is 0 Å². The van der Waals surface area contributed by atoms with E-state index >= 15 is 0 Å². The summed E-state index contributed by atoms with van der Waals surface area (Å²) in [6.45, 7) is 9.10. The Morgan fingerprint density at radius 1 is 1.29 bits per heavy atom. The third-order valence-corrected chi connectivity index (χ3v) is 5.01. The minimum atomic E-state index is -0.516. The van der Waals surface area contributed by atoms with Gasteiger partial charge >= 0.3 is 0 Å². The lowest BCUT2D eigenvalue weighted by atomic mass is 9.96. The predicted molar refractivity (Wildman–Crippen MR) is 79.0 cm³/mol. The molecule has 1 aliphatic carbocycles. The Morgan fingerprint density at radius 3 is 2.33 bits per heavy atom. The summed E-state index contributed by atoms with van der Waals surface area (Å²) in [5.74, 6) is -0.165. The second kappa shape index (κ2) is 5.42. The first-order valence-electron chi connectivity index (χ1n) is 7.80. The Bertz CT molecular complexity index is 470. The number of nitrogens with zero attached hydrogens (tertiary/aromatic N) is 2. The van der Waals surface area contributed by atoms with E-state index in [1.807, 2.05) is 27.7 Å². The number of amides is 2. The van der Waals surface area contributed by atoms with E-state index in [1.54, 1.807) is 0 Å². The maximum Gasteiger partial charge on any atom is 0.233 e. The van der Waals surface area contributed by atoms with E-state index in [1.165, 1.54) is 4.90 Å². The number of hydrogen-bond donors (Lipinski definition) is 1. The molecule has 1 N–H and O–H groups in total. The van der Waals surface area contributed by atoms with Gasteiger partial charge in [0.1, 0.15) is 5.54 Å². The molecule has 5 heteroatoms. The summed E-state index contributed by atoms with van der Waals surface area (Å²) in [5, 5.41) is 12.3. The fraction of sp³-hybridized carbons (Fsp3) is 0.812. The van der Waals surface area contributed by atoms with Crippen LogP contribution in [0.25, 0.3) is 0 Å². The molecule has 0 radical (unpaired) electrons. The molecule has 2 amide bonds. The maximum atomic E-state index is 12.2. The Balaban J connectivity index is 1.77. The van der Waals surface area contributed by atoms with Crippen molar-refractivity contribution in [2.75, 3.05) is 13.1 Å². The van der Waals surface area contributed by atoms with E-state index in [-0.39, 0.29) is 29.1 Å². The van der Waals surface area contributed by atoms with Crippen molar-refractivity contribution in [1.29, 1.82) is 5.26 Å². The Labute approximate surface area is 126 Å². The van der Waals surface area contributed by atoms with Crippen LogP contribution < -0.4 is 5.32 Å². The molecular formula is C16H25N3O2. The number of unbranched alkanes of at least 4 members (excludes halogenated alkanes) is 1. The van der Waals surface area contributed by atoms with Crippen LogP contribution in [0.5, 0.6) is 0 Å². The van der Waals surface area contributed by atoms with Crippen LogP contribution >= 0.6 is 0 Å². The van der Waals surface area contributed by atoms with Crippen molar-refractivity contribution in [2.24, 2.45) is 17.3 Å². The molecule has 5 nitrogen and oxygen atoms in total. The molecule has 1 heterocycles. The zero-order valence-corrected chi connectivity index (χ0v) is 13.4. The molecule has 1 aliphatic heterocycles. The fourth-order valence-electron chi connectivity index (χ4n) is 3.55. The molecule has 21 heavy (non-hydrogen) atoms. The molecule has 2 aliphatic rings. The average molecular weight is 291 g/mol. The molecule has 2 fully saturated rings. The Hall–Kier alpha value is -1.41. The van der Waals surface area contributed by atoms with E-state index in [2.05, 4.69) is 11.4 Å². The molecule has 116 valence electrons. The van der Waals surface area contributed by atoms with Crippen LogP contribution in [0.1, 0.15) is 47.0 Å². The molecule has 0 bridgehead atoms. The van der Waals surface area contributed by atoms with Crippen molar-refractivity contribution in [1.82, 2.24) is 10.2 Å². The molecule has 0 aromatic heterocycles. The zero-order valence-electron chi connectivity index (χ0n) is 13.4. The lowest BCUT2D eigenvalue weighted by Crippen LogP contribution is -2.41. The number of hydrogen-bond acceptors (Lipinski definition) is 4. The lowest BCUT2D eigenvalue weighted by Gasteiger charge is -2.24. The predicted octanol–water partition coefficient (Wildman–Crippen LogP) is 1.69. The van der Waals surface area contributed by atoms with Gasteiger partial charge in [-0.05, 0) is 38.1 Å². The third kappa shape index (κ3) is 2.69. The molecule has 2 rings (SSSR count). The second-order valence-corrected chi connectivity index (χ2v) is 7.04. The van der Waals surface area contributed by atoms with Crippen molar-refractivity contribution in [3.8, 4) is 6.07 Å². The topological polar surface area (TPSA) is 73.2 Å². The Kier molecular flexibility index (Phi) is 4.12. The summed E-state index contributed by atoms with van der Waals surface area (Å²) in [5.41, 5.74) is -0.646. The van der Waals surface area contributed by atoms with Crippen LogP contribution in [0.4, 0.5) is 0 Å². The average Bonchev–Trinajstić information content (AvgIpc) is 2.89. The standard InChI is InChI=1S/C16H25N3O2/c1-5-18-16(4,10-17)8-6-7-9-19-13(20)11-12(14(19)21)15(11,2)3/h11-12,18H,5-9H2,1-4H3. The highest BCUT2D eigenvalue weighted by atomic mass is 16.2. The third-order valence-electron chi connectivity index (χ3n) is 5.01. The van der Waals surface area contributed by atoms with Gasteiger partial charge in [0, 0.05) is 6.54 Å². The van der Waals surface area contributed by atoms with Gasteiger partial charge in [0.25, 0.3) is 0 Å². The summed E-state index contributed by atoms with van der Waals surface area (Å²) >= 11 is 0. The largest absolute Gasteiger partial charge is 0.300 e. The molecule has 0 aromatic rings. The number of rotatable bonds is 7. The highest BCUT2D eigenvalue weighted by molar-refractivity contribution is 6.10. The van der Waals surface area contributed by atoms with Crippen molar-refractivity contribution >= 4 is 11.8 Å². The van der Waals surface area contributed by atoms with Gasteiger partial charge < -0.3 is 0 Å². The van der Waals surface area contributed by atoms with Gasteiger partial charge in [-0.25, -0.2) is 0 Å². The number of carbonyl (C=O) groups excluding carboxylic acids is 2. The highest BCUT2D eigenvalue weighted by Crippen LogP contribution is 2.63. The van der Waals surface area contributed by atoms with Crippen LogP contribution in [-0.2, 0) is 9.59 Å². The van der Waals surface area contributed by atoms with Gasteiger partial charge in [0.05, 0.1) is 17.9 Å². The number of piperidine rings is 1. The number of likely N-dealkylation sites (tertiary alicyclic amines) is 1. The van der Waals surface area contributed by atoms with Crippen molar-refractivity contribution in [2.45, 2.75) is 52.5 Å². The first kappa shape index (κ1) is 16.0. The van der Waals surface area contributed by atoms with Gasteiger partial charge in [-0.15, -0.1) is 0 Å². The van der Waals surface area contributed by atoms with E-state index in [9.17, 15) is 14.9 Å². The van der Waals surface area contributed by atoms with Gasteiger partial charge in [-0.1, -0.05) is 20.8 Å². The molecule has 1 saturated carbocycles. The van der Waals surface area contributed by atoms with E-state index < -0.39 is 5.54 Å². The molecule has 3 unspecified atom stereocenters. The van der Waals surface area contributed by atoms with Gasteiger partial charge in [-0.2, -0.15) is 5.26 Å². The van der Waals surface area contributed by atoms with Crippen LogP contribution in [0.3, 0.4) is 0 Å². The summed E-state index contributed by atoms with van der Waals surface area (Å²) in [4.78, 5) is 25.8. The van der Waals surface area contributed by atoms with E-state index in [4.69, 9.17) is 0 Å².